The fraction of sp³-hybridized carbons (Fsp3) is 0.333. The third-order valence-corrected chi connectivity index (χ3v) is 3.67. The molecule has 0 atom stereocenters. The van der Waals surface area contributed by atoms with Crippen molar-refractivity contribution in [3.8, 4) is 6.07 Å². The van der Waals surface area contributed by atoms with E-state index >= 15 is 0 Å². The van der Waals surface area contributed by atoms with Crippen molar-refractivity contribution in [2.24, 2.45) is 0 Å². The Hall–Kier alpha value is -2.68. The molecule has 0 spiro atoms. The van der Waals surface area contributed by atoms with E-state index in [1.54, 1.807) is 13.1 Å². The third-order valence-electron chi connectivity index (χ3n) is 3.67. The highest BCUT2D eigenvalue weighted by Gasteiger charge is 2.22. The largest absolute Gasteiger partial charge is 0.462 e. The number of aryl methyl sites for hydroxylation is 1. The van der Waals surface area contributed by atoms with E-state index in [1.807, 2.05) is 0 Å². The van der Waals surface area contributed by atoms with Gasteiger partial charge in [-0.15, -0.1) is 0 Å². The van der Waals surface area contributed by atoms with E-state index in [2.05, 4.69) is 11.1 Å². The van der Waals surface area contributed by atoms with Crippen LogP contribution < -0.4 is 5.56 Å². The summed E-state index contributed by atoms with van der Waals surface area (Å²) in [5.74, 6) is -0.691. The maximum Gasteiger partial charge on any atom is 0.345 e. The normalized spacial score (nSPS) is 13.0. The zero-order chi connectivity index (χ0) is 15.0. The Kier molecular flexibility index (Phi) is 3.18. The summed E-state index contributed by atoms with van der Waals surface area (Å²) in [7, 11) is 0. The van der Waals surface area contributed by atoms with Crippen LogP contribution in [0.2, 0.25) is 0 Å². The van der Waals surface area contributed by atoms with Crippen molar-refractivity contribution in [2.45, 2.75) is 26.2 Å². The number of carbonyl (C=O) groups excluding carboxylic acids is 1. The molecule has 0 saturated heterocycles. The average Bonchev–Trinajstić information content (AvgIpc) is 2.94. The highest BCUT2D eigenvalue weighted by atomic mass is 16.5. The number of pyridine rings is 1. The number of rotatable bonds is 2. The highest BCUT2D eigenvalue weighted by molar-refractivity contribution is 5.89. The number of carbonyl (C=O) groups is 1. The van der Waals surface area contributed by atoms with Crippen LogP contribution in [0.5, 0.6) is 0 Å². The molecule has 2 aromatic heterocycles. The van der Waals surface area contributed by atoms with Crippen LogP contribution in [0.15, 0.2) is 17.2 Å². The molecule has 2 heterocycles. The van der Waals surface area contributed by atoms with Crippen LogP contribution in [0.4, 0.5) is 0 Å². The minimum atomic E-state index is -0.691. The molecule has 1 aliphatic carbocycles. The summed E-state index contributed by atoms with van der Waals surface area (Å²) in [6.45, 7) is 1.86. The molecule has 0 amide bonds. The first-order valence-corrected chi connectivity index (χ1v) is 6.80. The molecule has 0 N–H and O–H groups in total. The van der Waals surface area contributed by atoms with E-state index in [1.165, 1.54) is 10.6 Å². The maximum atomic E-state index is 12.4. The molecule has 0 unspecified atom stereocenters. The molecule has 0 radical (unpaired) electrons. The van der Waals surface area contributed by atoms with Crippen LogP contribution in [0.1, 0.15) is 40.4 Å². The van der Waals surface area contributed by atoms with E-state index in [0.29, 0.717) is 11.2 Å². The molecule has 106 valence electrons. The smallest absolute Gasteiger partial charge is 0.345 e. The zero-order valence-electron chi connectivity index (χ0n) is 11.5. The number of nitrogens with zero attached hydrogens (tertiary/aromatic N) is 3. The van der Waals surface area contributed by atoms with Gasteiger partial charge < -0.3 is 4.74 Å². The summed E-state index contributed by atoms with van der Waals surface area (Å²) in [6, 6.07) is 2.13. The van der Waals surface area contributed by atoms with Crippen LogP contribution in [-0.4, -0.2) is 22.0 Å². The van der Waals surface area contributed by atoms with Gasteiger partial charge in [-0.3, -0.25) is 9.20 Å². The molecule has 0 aliphatic heterocycles. The summed E-state index contributed by atoms with van der Waals surface area (Å²) in [6.07, 6.45) is 5.49. The second-order valence-electron chi connectivity index (χ2n) is 4.86. The SMILES string of the molecule is CCOC(=O)c1cnc2c(C#N)c3c(cn2c1=O)CCC3. The van der Waals surface area contributed by atoms with Crippen molar-refractivity contribution >= 4 is 11.6 Å². The van der Waals surface area contributed by atoms with Gasteiger partial charge in [-0.1, -0.05) is 0 Å². The summed E-state index contributed by atoms with van der Waals surface area (Å²) >= 11 is 0. The van der Waals surface area contributed by atoms with Crippen LogP contribution in [0, 0.1) is 11.3 Å². The van der Waals surface area contributed by atoms with Crippen molar-refractivity contribution in [2.75, 3.05) is 6.61 Å². The lowest BCUT2D eigenvalue weighted by Crippen LogP contribution is -2.25. The first kappa shape index (κ1) is 13.3. The molecule has 1 aliphatic rings. The van der Waals surface area contributed by atoms with Gasteiger partial charge in [0.2, 0.25) is 0 Å². The van der Waals surface area contributed by atoms with Crippen LogP contribution in [-0.2, 0) is 17.6 Å². The van der Waals surface area contributed by atoms with Gasteiger partial charge >= 0.3 is 5.97 Å². The van der Waals surface area contributed by atoms with Gasteiger partial charge in [-0.05, 0) is 37.3 Å². The summed E-state index contributed by atoms with van der Waals surface area (Å²) in [4.78, 5) is 28.3. The minimum Gasteiger partial charge on any atom is -0.462 e. The second-order valence-corrected chi connectivity index (χ2v) is 4.86. The van der Waals surface area contributed by atoms with E-state index < -0.39 is 11.5 Å². The van der Waals surface area contributed by atoms with Gasteiger partial charge in [0, 0.05) is 12.4 Å². The fourth-order valence-electron chi connectivity index (χ4n) is 2.73. The van der Waals surface area contributed by atoms with E-state index in [-0.39, 0.29) is 12.2 Å². The van der Waals surface area contributed by atoms with Crippen molar-refractivity contribution in [3.05, 3.63) is 45.0 Å². The Balaban J connectivity index is 2.31. The van der Waals surface area contributed by atoms with Crippen molar-refractivity contribution in [1.82, 2.24) is 9.38 Å². The average molecular weight is 283 g/mol. The van der Waals surface area contributed by atoms with Gasteiger partial charge in [-0.25, -0.2) is 9.78 Å². The minimum absolute atomic E-state index is 0.115. The van der Waals surface area contributed by atoms with E-state index in [4.69, 9.17) is 4.74 Å². The molecule has 3 rings (SSSR count). The summed E-state index contributed by atoms with van der Waals surface area (Å²) in [5.41, 5.74) is 2.06. The van der Waals surface area contributed by atoms with Crippen molar-refractivity contribution in [3.63, 3.8) is 0 Å². The second kappa shape index (κ2) is 5.02. The predicted octanol–water partition coefficient (Wildman–Crippen LogP) is 1.23. The summed E-state index contributed by atoms with van der Waals surface area (Å²) < 4.78 is 6.14. The van der Waals surface area contributed by atoms with Crippen LogP contribution in [0.25, 0.3) is 5.65 Å². The van der Waals surface area contributed by atoms with Crippen LogP contribution >= 0.6 is 0 Å². The molecule has 0 fully saturated rings. The molecule has 0 saturated carbocycles. The number of esters is 1. The Morgan fingerprint density at radius 2 is 2.33 bits per heavy atom. The molecule has 6 nitrogen and oxygen atoms in total. The first-order valence-electron chi connectivity index (χ1n) is 6.80. The van der Waals surface area contributed by atoms with Gasteiger partial charge in [0.15, 0.2) is 5.65 Å². The van der Waals surface area contributed by atoms with Crippen molar-refractivity contribution in [1.29, 1.82) is 5.26 Å². The van der Waals surface area contributed by atoms with Gasteiger partial charge in [-0.2, -0.15) is 5.26 Å². The molecular formula is C15H13N3O3. The Bertz CT molecular complexity index is 846. The quantitative estimate of drug-likeness (QED) is 0.774. The van der Waals surface area contributed by atoms with E-state index in [0.717, 1.165) is 30.4 Å². The Labute approximate surface area is 120 Å². The molecule has 2 aromatic rings. The molecule has 21 heavy (non-hydrogen) atoms. The van der Waals surface area contributed by atoms with Crippen molar-refractivity contribution < 1.29 is 9.53 Å². The highest BCUT2D eigenvalue weighted by Crippen LogP contribution is 2.26. The maximum absolute atomic E-state index is 12.4. The fourth-order valence-corrected chi connectivity index (χ4v) is 2.73. The Morgan fingerprint density at radius 3 is 3.05 bits per heavy atom. The predicted molar refractivity (Wildman–Crippen MR) is 74.2 cm³/mol. The third kappa shape index (κ3) is 1.98. The van der Waals surface area contributed by atoms with Gasteiger partial charge in [0.1, 0.15) is 11.6 Å². The number of hydrogen-bond acceptors (Lipinski definition) is 5. The Morgan fingerprint density at radius 1 is 1.52 bits per heavy atom. The number of fused-ring (bicyclic) bond motifs is 2. The molecule has 0 aromatic carbocycles. The summed E-state index contributed by atoms with van der Waals surface area (Å²) in [5, 5.41) is 9.36. The lowest BCUT2D eigenvalue weighted by molar-refractivity contribution is 0.0523. The zero-order valence-corrected chi connectivity index (χ0v) is 11.5. The van der Waals surface area contributed by atoms with Crippen LogP contribution in [0.3, 0.4) is 0 Å². The monoisotopic (exact) mass is 283 g/mol. The number of nitriles is 1. The van der Waals surface area contributed by atoms with E-state index in [9.17, 15) is 14.9 Å². The number of aromatic nitrogens is 2. The lowest BCUT2D eigenvalue weighted by Gasteiger charge is -2.09. The molecule has 6 heteroatoms. The van der Waals surface area contributed by atoms with Gasteiger partial charge in [0.25, 0.3) is 5.56 Å². The standard InChI is InChI=1S/C15H13N3O3/c1-2-21-15(20)12-7-17-13-11(6-16)10-5-3-4-9(10)8-18(13)14(12)19/h7-8H,2-5H2,1H3. The number of hydrogen-bond donors (Lipinski definition) is 0. The number of ether oxygens (including phenoxy) is 1. The topological polar surface area (TPSA) is 84.5 Å². The lowest BCUT2D eigenvalue weighted by atomic mass is 10.1. The first-order chi connectivity index (χ1) is 10.2. The van der Waals surface area contributed by atoms with Gasteiger partial charge in [0.05, 0.1) is 12.2 Å². The molecular weight excluding hydrogens is 270 g/mol. The molecule has 0 bridgehead atoms.